The van der Waals surface area contributed by atoms with Crippen LogP contribution < -0.4 is 0 Å². The van der Waals surface area contributed by atoms with Crippen molar-refractivity contribution in [2.75, 3.05) is 0 Å². The largest absolute Gasteiger partial charge is 0.0656 e. The van der Waals surface area contributed by atoms with Crippen molar-refractivity contribution in [3.63, 3.8) is 0 Å². The topological polar surface area (TPSA) is 0 Å². The van der Waals surface area contributed by atoms with E-state index in [2.05, 4.69) is 48.5 Å². The highest BCUT2D eigenvalue weighted by Gasteiger charge is 1.95. The minimum Gasteiger partial charge on any atom is -0.0656 e. The summed E-state index contributed by atoms with van der Waals surface area (Å²) < 4.78 is 0. The Balaban J connectivity index is -0.000000181. The maximum Gasteiger partial charge on any atom is -0.0443 e. The average molecular weight is 230 g/mol. The Morgan fingerprint density at radius 3 is 1.06 bits per heavy atom. The van der Waals surface area contributed by atoms with Crippen molar-refractivity contribution in [3.05, 3.63) is 0 Å². The summed E-state index contributed by atoms with van der Waals surface area (Å²) in [6, 6.07) is 0. The smallest absolute Gasteiger partial charge is 0.0443 e. The van der Waals surface area contributed by atoms with Crippen LogP contribution in [-0.4, -0.2) is 0 Å². The van der Waals surface area contributed by atoms with Crippen LogP contribution in [0.1, 0.15) is 99.8 Å². The second-order valence-corrected chi connectivity index (χ2v) is 4.74. The summed E-state index contributed by atoms with van der Waals surface area (Å²) >= 11 is 0. The lowest BCUT2D eigenvalue weighted by Gasteiger charge is -2.05. The first kappa shape index (κ1) is 21.3. The normalized spacial score (nSPS) is 9.00. The molecule has 0 aromatic carbocycles. The fourth-order valence-corrected chi connectivity index (χ4v) is 1.48. The molecule has 102 valence electrons. The highest BCUT2D eigenvalue weighted by molar-refractivity contribution is 4.48. The molecule has 0 saturated carbocycles. The first-order valence-corrected chi connectivity index (χ1v) is 7.64. The number of rotatable bonds is 6. The molecule has 0 radical (unpaired) electrons. The van der Waals surface area contributed by atoms with Crippen LogP contribution in [-0.2, 0) is 0 Å². The van der Waals surface area contributed by atoms with E-state index in [1.54, 1.807) is 0 Å². The molecule has 0 N–H and O–H groups in total. The van der Waals surface area contributed by atoms with E-state index in [0.29, 0.717) is 0 Å². The van der Waals surface area contributed by atoms with Crippen molar-refractivity contribution >= 4 is 0 Å². The Labute approximate surface area is 106 Å². The van der Waals surface area contributed by atoms with E-state index in [1.165, 1.54) is 51.4 Å². The summed E-state index contributed by atoms with van der Waals surface area (Å²) in [6.45, 7) is 15.5. The van der Waals surface area contributed by atoms with Gasteiger partial charge in [0.25, 0.3) is 0 Å². The molecule has 0 aliphatic heterocycles. The number of unbranched alkanes of at least 4 members (excludes halogenated alkanes) is 2. The monoisotopic (exact) mass is 230 g/mol. The molecule has 0 spiro atoms. The van der Waals surface area contributed by atoms with Crippen LogP contribution in [0.25, 0.3) is 0 Å². The van der Waals surface area contributed by atoms with Crippen LogP contribution in [0.2, 0.25) is 0 Å². The molecule has 0 bridgehead atoms. The first-order chi connectivity index (χ1) is 7.64. The molecule has 0 saturated heterocycles. The van der Waals surface area contributed by atoms with Gasteiger partial charge in [-0.1, -0.05) is 99.8 Å². The van der Waals surface area contributed by atoms with Crippen molar-refractivity contribution in [3.8, 4) is 0 Å². The molecule has 0 atom stereocenters. The van der Waals surface area contributed by atoms with Crippen LogP contribution in [0.4, 0.5) is 0 Å². The predicted molar refractivity (Wildman–Crippen MR) is 80.1 cm³/mol. The van der Waals surface area contributed by atoms with Crippen LogP contribution >= 0.6 is 0 Å². The highest BCUT2D eigenvalue weighted by Crippen LogP contribution is 2.10. The van der Waals surface area contributed by atoms with Gasteiger partial charge in [0.15, 0.2) is 0 Å². The molecule has 0 aliphatic carbocycles. The van der Waals surface area contributed by atoms with Gasteiger partial charge in [0, 0.05) is 0 Å². The summed E-state index contributed by atoms with van der Waals surface area (Å²) in [5, 5.41) is 0. The molecule has 0 nitrogen and oxygen atoms in total. The highest BCUT2D eigenvalue weighted by atomic mass is 14.0. The van der Waals surface area contributed by atoms with Crippen LogP contribution in [0.3, 0.4) is 0 Å². The van der Waals surface area contributed by atoms with E-state index < -0.39 is 0 Å². The summed E-state index contributed by atoms with van der Waals surface area (Å²) in [7, 11) is 0. The van der Waals surface area contributed by atoms with Gasteiger partial charge in [0.2, 0.25) is 0 Å². The van der Waals surface area contributed by atoms with Gasteiger partial charge >= 0.3 is 0 Å². The minimum atomic E-state index is 0.963. The molecule has 0 aliphatic rings. The Kier molecular flexibility index (Phi) is 32.3. The lowest BCUT2D eigenvalue weighted by Crippen LogP contribution is -1.91. The number of hydrogen-bond donors (Lipinski definition) is 0. The lowest BCUT2D eigenvalue weighted by atomic mass is 10.0. The predicted octanol–water partition coefficient (Wildman–Crippen LogP) is 6.84. The second-order valence-electron chi connectivity index (χ2n) is 4.74. The van der Waals surface area contributed by atoms with Crippen LogP contribution in [0.15, 0.2) is 0 Å². The van der Waals surface area contributed by atoms with Crippen molar-refractivity contribution in [2.45, 2.75) is 99.8 Å². The fourth-order valence-electron chi connectivity index (χ4n) is 1.48. The van der Waals surface area contributed by atoms with E-state index in [-0.39, 0.29) is 0 Å². The van der Waals surface area contributed by atoms with E-state index in [4.69, 9.17) is 0 Å². The molecule has 16 heavy (non-hydrogen) atoms. The zero-order valence-corrected chi connectivity index (χ0v) is 13.2. The van der Waals surface area contributed by atoms with Gasteiger partial charge in [0.1, 0.15) is 0 Å². The van der Waals surface area contributed by atoms with Gasteiger partial charge in [-0.2, -0.15) is 0 Å². The third-order valence-electron chi connectivity index (χ3n) is 2.27. The fraction of sp³-hybridized carbons (Fsp3) is 1.00. The average Bonchev–Trinajstić information content (AvgIpc) is 2.22. The molecular formula is C16H38. The maximum atomic E-state index is 2.34. The van der Waals surface area contributed by atoms with Crippen molar-refractivity contribution < 1.29 is 0 Å². The molecule has 0 rings (SSSR count). The Bertz CT molecular complexity index is 68.1. The van der Waals surface area contributed by atoms with E-state index in [0.717, 1.165) is 5.92 Å². The van der Waals surface area contributed by atoms with Gasteiger partial charge in [-0.15, -0.1) is 0 Å². The maximum absolute atomic E-state index is 2.34. The van der Waals surface area contributed by atoms with Gasteiger partial charge in [-0.25, -0.2) is 0 Å². The van der Waals surface area contributed by atoms with E-state index >= 15 is 0 Å². The van der Waals surface area contributed by atoms with E-state index in [9.17, 15) is 0 Å². The standard InChI is InChI=1S/C8H18.C5H12.C3H8/c1-4-6-8(3)7-5-2;1-3-5-4-2;1-3-2/h8H,4-7H2,1-3H3;3-5H2,1-2H3;3H2,1-2H3. The molecule has 0 unspecified atom stereocenters. The zero-order chi connectivity index (χ0) is 13.2. The van der Waals surface area contributed by atoms with Crippen molar-refractivity contribution in [2.24, 2.45) is 5.92 Å². The number of hydrogen-bond acceptors (Lipinski definition) is 0. The zero-order valence-electron chi connectivity index (χ0n) is 13.2. The van der Waals surface area contributed by atoms with E-state index in [1.807, 2.05) is 0 Å². The Morgan fingerprint density at radius 1 is 0.625 bits per heavy atom. The summed E-state index contributed by atoms with van der Waals surface area (Å²) in [4.78, 5) is 0. The molecule has 0 heterocycles. The van der Waals surface area contributed by atoms with Gasteiger partial charge in [-0.3, -0.25) is 0 Å². The lowest BCUT2D eigenvalue weighted by molar-refractivity contribution is 0.480. The quantitative estimate of drug-likeness (QED) is 0.469. The van der Waals surface area contributed by atoms with Crippen molar-refractivity contribution in [1.29, 1.82) is 0 Å². The van der Waals surface area contributed by atoms with Crippen LogP contribution in [0, 0.1) is 5.92 Å². The Morgan fingerprint density at radius 2 is 0.938 bits per heavy atom. The van der Waals surface area contributed by atoms with Gasteiger partial charge in [0.05, 0.1) is 0 Å². The molecule has 0 aromatic rings. The molecule has 0 amide bonds. The second kappa shape index (κ2) is 24.3. The summed E-state index contributed by atoms with van der Waals surface area (Å²) in [5.41, 5.74) is 0. The first-order valence-electron chi connectivity index (χ1n) is 7.64. The Hall–Kier alpha value is 0. The van der Waals surface area contributed by atoms with Crippen molar-refractivity contribution in [1.82, 2.24) is 0 Å². The summed E-state index contributed by atoms with van der Waals surface area (Å²) in [5.74, 6) is 0.963. The summed E-state index contributed by atoms with van der Waals surface area (Å²) in [6.07, 6.45) is 10.8. The third kappa shape index (κ3) is 37.0. The third-order valence-corrected chi connectivity index (χ3v) is 2.27. The molecule has 0 fully saturated rings. The van der Waals surface area contributed by atoms with Crippen LogP contribution in [0.5, 0.6) is 0 Å². The minimum absolute atomic E-state index is 0.963. The van der Waals surface area contributed by atoms with Gasteiger partial charge in [-0.05, 0) is 5.92 Å². The molecule has 0 heteroatoms. The SMILES string of the molecule is CCC.CCCC(C)CCC.CCCCC. The molecule has 0 aromatic heterocycles. The van der Waals surface area contributed by atoms with Gasteiger partial charge < -0.3 is 0 Å². The molecular weight excluding hydrogens is 192 g/mol.